The van der Waals surface area contributed by atoms with Gasteiger partial charge in [0.15, 0.2) is 0 Å². The van der Waals surface area contributed by atoms with E-state index >= 15 is 0 Å². The zero-order chi connectivity index (χ0) is 19.4. The Morgan fingerprint density at radius 3 is 2.74 bits per heavy atom. The Balaban J connectivity index is 1.78. The molecule has 0 spiro atoms. The minimum absolute atomic E-state index is 0.0483. The molecule has 27 heavy (non-hydrogen) atoms. The van der Waals surface area contributed by atoms with Gasteiger partial charge in [0, 0.05) is 17.6 Å². The highest BCUT2D eigenvalue weighted by atomic mass is 19.1. The Morgan fingerprint density at radius 2 is 2.00 bits per heavy atom. The fourth-order valence-corrected chi connectivity index (χ4v) is 3.43. The first kappa shape index (κ1) is 19.0. The maximum Gasteiger partial charge on any atom is 0.253 e. The first-order valence-corrected chi connectivity index (χ1v) is 9.39. The second kappa shape index (κ2) is 8.30. The SMILES string of the molecule is CCCC(Cc1ccc(C)cc1C)NC(=O)c1cnc2c(F)cccc2c1. The molecule has 4 heteroatoms. The Bertz CT molecular complexity index is 968. The number of nitrogens with zero attached hydrogens (tertiary/aromatic N) is 1. The van der Waals surface area contributed by atoms with Gasteiger partial charge in [-0.3, -0.25) is 9.78 Å². The molecule has 1 heterocycles. The van der Waals surface area contributed by atoms with Crippen molar-refractivity contribution in [3.8, 4) is 0 Å². The molecule has 1 atom stereocenters. The number of hydrogen-bond acceptors (Lipinski definition) is 2. The topological polar surface area (TPSA) is 42.0 Å². The molecule has 140 valence electrons. The number of halogens is 1. The molecule has 1 amide bonds. The second-order valence-corrected chi connectivity index (χ2v) is 7.13. The van der Waals surface area contributed by atoms with Crippen molar-refractivity contribution in [2.45, 2.75) is 46.1 Å². The van der Waals surface area contributed by atoms with Crippen molar-refractivity contribution >= 4 is 16.8 Å². The fourth-order valence-electron chi connectivity index (χ4n) is 3.43. The third kappa shape index (κ3) is 4.51. The van der Waals surface area contributed by atoms with Gasteiger partial charge in [0.1, 0.15) is 11.3 Å². The summed E-state index contributed by atoms with van der Waals surface area (Å²) in [5.41, 5.74) is 4.47. The molecule has 1 aromatic heterocycles. The van der Waals surface area contributed by atoms with Crippen molar-refractivity contribution in [1.82, 2.24) is 10.3 Å². The minimum atomic E-state index is -0.377. The van der Waals surface area contributed by atoms with E-state index in [1.165, 1.54) is 29.0 Å². The van der Waals surface area contributed by atoms with Gasteiger partial charge in [-0.05, 0) is 49.9 Å². The first-order chi connectivity index (χ1) is 13.0. The number of aryl methyl sites for hydroxylation is 2. The quantitative estimate of drug-likeness (QED) is 0.659. The molecular formula is C23H25FN2O. The summed E-state index contributed by atoms with van der Waals surface area (Å²) in [4.78, 5) is 16.9. The molecule has 1 unspecified atom stereocenters. The highest BCUT2D eigenvalue weighted by molar-refractivity contribution is 5.97. The minimum Gasteiger partial charge on any atom is -0.349 e. The number of para-hydroxylation sites is 1. The molecule has 0 saturated heterocycles. The monoisotopic (exact) mass is 364 g/mol. The van der Waals surface area contributed by atoms with Crippen LogP contribution in [0.1, 0.15) is 46.8 Å². The molecule has 0 aliphatic heterocycles. The molecule has 0 aliphatic carbocycles. The Hall–Kier alpha value is -2.75. The number of benzene rings is 2. The van der Waals surface area contributed by atoms with Crippen molar-refractivity contribution < 1.29 is 9.18 Å². The number of nitrogens with one attached hydrogen (secondary N) is 1. The van der Waals surface area contributed by atoms with E-state index in [1.54, 1.807) is 18.2 Å². The van der Waals surface area contributed by atoms with Crippen molar-refractivity contribution in [2.75, 3.05) is 0 Å². The highest BCUT2D eigenvalue weighted by Gasteiger charge is 2.16. The number of hydrogen-bond donors (Lipinski definition) is 1. The average molecular weight is 364 g/mol. The van der Waals surface area contributed by atoms with E-state index in [4.69, 9.17) is 0 Å². The zero-order valence-electron chi connectivity index (χ0n) is 16.1. The molecular weight excluding hydrogens is 339 g/mol. The molecule has 1 N–H and O–H groups in total. The van der Waals surface area contributed by atoms with Gasteiger partial charge in [0.2, 0.25) is 0 Å². The molecule has 3 nitrogen and oxygen atoms in total. The van der Waals surface area contributed by atoms with Crippen LogP contribution in [0.5, 0.6) is 0 Å². The van der Waals surface area contributed by atoms with E-state index in [0.29, 0.717) is 10.9 Å². The van der Waals surface area contributed by atoms with Gasteiger partial charge in [-0.2, -0.15) is 0 Å². The van der Waals surface area contributed by atoms with E-state index in [1.807, 2.05) is 0 Å². The van der Waals surface area contributed by atoms with Crippen LogP contribution in [0.25, 0.3) is 10.9 Å². The summed E-state index contributed by atoms with van der Waals surface area (Å²) >= 11 is 0. The zero-order valence-corrected chi connectivity index (χ0v) is 16.1. The lowest BCUT2D eigenvalue weighted by Crippen LogP contribution is -2.36. The van der Waals surface area contributed by atoms with E-state index in [-0.39, 0.29) is 23.3 Å². The number of carbonyl (C=O) groups is 1. The van der Waals surface area contributed by atoms with Gasteiger partial charge >= 0.3 is 0 Å². The number of fused-ring (bicyclic) bond motifs is 1. The maximum absolute atomic E-state index is 13.8. The van der Waals surface area contributed by atoms with Crippen LogP contribution >= 0.6 is 0 Å². The van der Waals surface area contributed by atoms with Crippen LogP contribution in [-0.4, -0.2) is 16.9 Å². The Morgan fingerprint density at radius 1 is 1.19 bits per heavy atom. The normalized spacial score (nSPS) is 12.1. The Labute approximate surface area is 159 Å². The van der Waals surface area contributed by atoms with Crippen molar-refractivity contribution in [3.05, 3.63) is 76.7 Å². The van der Waals surface area contributed by atoms with Crippen LogP contribution in [-0.2, 0) is 6.42 Å². The van der Waals surface area contributed by atoms with E-state index < -0.39 is 0 Å². The third-order valence-corrected chi connectivity index (χ3v) is 4.86. The molecule has 0 aliphatic rings. The van der Waals surface area contributed by atoms with Gasteiger partial charge in [0.25, 0.3) is 5.91 Å². The van der Waals surface area contributed by atoms with Gasteiger partial charge in [-0.1, -0.05) is 49.2 Å². The standard InChI is InChI=1S/C23H25FN2O/c1-4-6-20(13-17-10-9-15(2)11-16(17)3)26-23(27)19-12-18-7-5-8-21(24)22(18)25-14-19/h5,7-12,14,20H,4,6,13H2,1-3H3,(H,26,27). The molecule has 0 fully saturated rings. The number of aromatic nitrogens is 1. The Kier molecular flexibility index (Phi) is 5.84. The lowest BCUT2D eigenvalue weighted by Gasteiger charge is -2.20. The van der Waals surface area contributed by atoms with Crippen LogP contribution in [0.4, 0.5) is 4.39 Å². The fraction of sp³-hybridized carbons (Fsp3) is 0.304. The van der Waals surface area contributed by atoms with Gasteiger partial charge in [0.05, 0.1) is 5.56 Å². The summed E-state index contributed by atoms with van der Waals surface area (Å²) in [6.45, 7) is 6.30. The lowest BCUT2D eigenvalue weighted by molar-refractivity contribution is 0.0934. The molecule has 3 aromatic rings. The van der Waals surface area contributed by atoms with Crippen LogP contribution in [0.2, 0.25) is 0 Å². The summed E-state index contributed by atoms with van der Waals surface area (Å²) in [7, 11) is 0. The van der Waals surface area contributed by atoms with Crippen LogP contribution < -0.4 is 5.32 Å². The van der Waals surface area contributed by atoms with Crippen molar-refractivity contribution in [1.29, 1.82) is 0 Å². The molecule has 0 bridgehead atoms. The summed E-state index contributed by atoms with van der Waals surface area (Å²) in [5, 5.41) is 3.76. The first-order valence-electron chi connectivity index (χ1n) is 9.39. The summed E-state index contributed by atoms with van der Waals surface area (Å²) in [6, 6.07) is 12.9. The second-order valence-electron chi connectivity index (χ2n) is 7.13. The largest absolute Gasteiger partial charge is 0.349 e. The van der Waals surface area contributed by atoms with Crippen LogP contribution in [0.3, 0.4) is 0 Å². The van der Waals surface area contributed by atoms with E-state index in [9.17, 15) is 9.18 Å². The molecule has 2 aromatic carbocycles. The number of carbonyl (C=O) groups excluding carboxylic acids is 1. The average Bonchev–Trinajstić information content (AvgIpc) is 2.64. The maximum atomic E-state index is 13.8. The van der Waals surface area contributed by atoms with Crippen molar-refractivity contribution in [2.24, 2.45) is 0 Å². The van der Waals surface area contributed by atoms with Crippen LogP contribution in [0, 0.1) is 19.7 Å². The summed E-state index contributed by atoms with van der Waals surface area (Å²) in [5.74, 6) is -0.546. The predicted octanol–water partition coefficient (Wildman–Crippen LogP) is 5.13. The van der Waals surface area contributed by atoms with Gasteiger partial charge in [-0.25, -0.2) is 4.39 Å². The molecule has 0 radical (unpaired) electrons. The molecule has 0 saturated carbocycles. The summed E-state index contributed by atoms with van der Waals surface area (Å²) < 4.78 is 13.8. The van der Waals surface area contributed by atoms with E-state index in [2.05, 4.69) is 49.3 Å². The lowest BCUT2D eigenvalue weighted by atomic mass is 9.97. The number of pyridine rings is 1. The number of rotatable bonds is 6. The van der Waals surface area contributed by atoms with Gasteiger partial charge in [-0.15, -0.1) is 0 Å². The highest BCUT2D eigenvalue weighted by Crippen LogP contribution is 2.18. The van der Waals surface area contributed by atoms with Gasteiger partial charge < -0.3 is 5.32 Å². The van der Waals surface area contributed by atoms with Crippen LogP contribution in [0.15, 0.2) is 48.7 Å². The third-order valence-electron chi connectivity index (χ3n) is 4.86. The molecule has 3 rings (SSSR count). The number of amides is 1. The summed E-state index contributed by atoms with van der Waals surface area (Å²) in [6.07, 6.45) is 4.12. The smallest absolute Gasteiger partial charge is 0.253 e. The predicted molar refractivity (Wildman–Crippen MR) is 107 cm³/mol. The van der Waals surface area contributed by atoms with E-state index in [0.717, 1.165) is 19.3 Å². The van der Waals surface area contributed by atoms with Crippen molar-refractivity contribution in [3.63, 3.8) is 0 Å².